The molecule has 9 nitrogen and oxygen atoms in total. The Kier molecular flexibility index (Phi) is 8.66. The summed E-state index contributed by atoms with van der Waals surface area (Å²) in [4.78, 5) is 37.1. The Morgan fingerprint density at radius 2 is 1.15 bits per heavy atom. The van der Waals surface area contributed by atoms with E-state index in [4.69, 9.17) is 44.9 Å². The molecule has 2 fully saturated rings. The van der Waals surface area contributed by atoms with E-state index in [0.29, 0.717) is 38.6 Å². The first kappa shape index (κ1) is 32.8. The number of hydrogen-bond donors (Lipinski definition) is 4. The van der Waals surface area contributed by atoms with Crippen molar-refractivity contribution in [1.29, 1.82) is 0 Å². The number of hydrogen-bond acceptors (Lipinski definition) is 6. The van der Waals surface area contributed by atoms with E-state index in [1.165, 1.54) is 0 Å². The number of ether oxygens (including phenoxy) is 2. The maximum atomic E-state index is 12.7. The fraction of sp³-hybridized carbons (Fsp3) is 0.176. The molecule has 0 aromatic heterocycles. The minimum atomic E-state index is -1.15. The zero-order valence-electron chi connectivity index (χ0n) is 24.6. The molecule has 2 spiro atoms. The molecule has 244 valence electrons. The lowest BCUT2D eigenvalue weighted by Crippen LogP contribution is -2.48. The van der Waals surface area contributed by atoms with Crippen molar-refractivity contribution in [3.8, 4) is 11.5 Å². The van der Waals surface area contributed by atoms with Crippen molar-refractivity contribution >= 4 is 90.2 Å². The van der Waals surface area contributed by atoms with E-state index in [0.717, 1.165) is 25.6 Å². The van der Waals surface area contributed by atoms with E-state index in [9.17, 15) is 14.4 Å². The number of imide groups is 1. The van der Waals surface area contributed by atoms with Crippen molar-refractivity contribution in [3.05, 3.63) is 126 Å². The Bertz CT molecular complexity index is 1890. The van der Waals surface area contributed by atoms with Crippen LogP contribution in [0.2, 0.25) is 10.0 Å². The molecule has 48 heavy (non-hydrogen) atoms. The third-order valence-electron chi connectivity index (χ3n) is 8.65. The van der Waals surface area contributed by atoms with Crippen molar-refractivity contribution in [2.75, 3.05) is 0 Å². The van der Waals surface area contributed by atoms with Gasteiger partial charge in [-0.25, -0.2) is 4.79 Å². The van der Waals surface area contributed by atoms with Crippen LogP contribution in [-0.2, 0) is 20.7 Å². The Morgan fingerprint density at radius 1 is 0.667 bits per heavy atom. The minimum Gasteiger partial charge on any atom is -0.485 e. The highest BCUT2D eigenvalue weighted by Crippen LogP contribution is 2.48. The van der Waals surface area contributed by atoms with Gasteiger partial charge in [-0.1, -0.05) is 79.3 Å². The number of halogens is 4. The lowest BCUT2D eigenvalue weighted by molar-refractivity contribution is -0.126. The predicted molar refractivity (Wildman–Crippen MR) is 191 cm³/mol. The van der Waals surface area contributed by atoms with Crippen molar-refractivity contribution in [2.45, 2.75) is 36.1 Å². The fourth-order valence-corrected chi connectivity index (χ4v) is 7.87. The summed E-state index contributed by atoms with van der Waals surface area (Å²) in [6, 6.07) is 25.3. The molecule has 14 heteroatoms. The summed E-state index contributed by atoms with van der Waals surface area (Å²) < 4.78 is 13.9. The first-order chi connectivity index (χ1) is 23.0. The van der Waals surface area contributed by atoms with Crippen LogP contribution in [0.3, 0.4) is 0 Å². The van der Waals surface area contributed by atoms with E-state index in [2.05, 4.69) is 53.1 Å². The highest BCUT2D eigenvalue weighted by Gasteiger charge is 2.54. The number of urea groups is 1. The SMILES string of the molecule is O=C1NC(=O)C2(CC(c3cccc(Cl)c3)Oc3ccc(Br)cc32)N1.O=C1NC(=S)NC12CC(c1cccc(Cl)c1)Oc1ccc(Br)cc12. The van der Waals surface area contributed by atoms with Crippen LogP contribution in [0.5, 0.6) is 11.5 Å². The number of thiocarbonyl (C=S) groups is 1. The molecule has 0 bridgehead atoms. The average molecular weight is 831 g/mol. The van der Waals surface area contributed by atoms with Gasteiger partial charge < -0.3 is 25.4 Å². The smallest absolute Gasteiger partial charge is 0.322 e. The first-order valence-electron chi connectivity index (χ1n) is 14.7. The lowest BCUT2D eigenvalue weighted by Gasteiger charge is -2.38. The zero-order valence-corrected chi connectivity index (χ0v) is 30.1. The van der Waals surface area contributed by atoms with E-state index < -0.39 is 23.2 Å². The van der Waals surface area contributed by atoms with Crippen molar-refractivity contribution in [2.24, 2.45) is 0 Å². The van der Waals surface area contributed by atoms with E-state index >= 15 is 0 Å². The summed E-state index contributed by atoms with van der Waals surface area (Å²) in [5.41, 5.74) is 1.08. The summed E-state index contributed by atoms with van der Waals surface area (Å²) in [6.07, 6.45) is -0.00464. The Hall–Kier alpha value is -3.68. The van der Waals surface area contributed by atoms with Gasteiger partial charge in [0.25, 0.3) is 11.8 Å². The highest BCUT2D eigenvalue weighted by molar-refractivity contribution is 9.10. The van der Waals surface area contributed by atoms with Crippen LogP contribution in [0.4, 0.5) is 4.79 Å². The number of carbonyl (C=O) groups is 3. The topological polar surface area (TPSA) is 118 Å². The Balaban J connectivity index is 0.000000152. The molecule has 2 saturated heterocycles. The lowest BCUT2D eigenvalue weighted by atomic mass is 9.80. The summed E-state index contributed by atoms with van der Waals surface area (Å²) in [7, 11) is 0. The maximum Gasteiger partial charge on any atom is 0.322 e. The number of carbonyl (C=O) groups excluding carboxylic acids is 3. The van der Waals surface area contributed by atoms with Crippen LogP contribution in [-0.4, -0.2) is 23.0 Å². The van der Waals surface area contributed by atoms with Gasteiger partial charge in [0.05, 0.1) is 0 Å². The Morgan fingerprint density at radius 3 is 1.56 bits per heavy atom. The van der Waals surface area contributed by atoms with Crippen LogP contribution >= 0.6 is 67.3 Å². The first-order valence-corrected chi connectivity index (χ1v) is 17.4. The maximum absolute atomic E-state index is 12.7. The molecule has 8 rings (SSSR count). The molecule has 4 heterocycles. The van der Waals surface area contributed by atoms with Crippen LogP contribution in [0.25, 0.3) is 0 Å². The number of rotatable bonds is 2. The molecule has 4 aliphatic heterocycles. The van der Waals surface area contributed by atoms with Crippen LogP contribution in [0.1, 0.15) is 47.3 Å². The van der Waals surface area contributed by atoms with Gasteiger partial charge in [-0.05, 0) is 84.0 Å². The van der Waals surface area contributed by atoms with Crippen LogP contribution in [0, 0.1) is 0 Å². The molecule has 0 aliphatic carbocycles. The number of benzene rings is 4. The van der Waals surface area contributed by atoms with Gasteiger partial charge in [-0.3, -0.25) is 14.9 Å². The van der Waals surface area contributed by atoms with Crippen molar-refractivity contribution in [3.63, 3.8) is 0 Å². The average Bonchev–Trinajstić information content (AvgIpc) is 3.49. The van der Waals surface area contributed by atoms with Gasteiger partial charge in [0.1, 0.15) is 23.7 Å². The number of fused-ring (bicyclic) bond motifs is 4. The molecule has 0 radical (unpaired) electrons. The molecular formula is C34H24Br2Cl2N4O5S. The third kappa shape index (κ3) is 5.94. The monoisotopic (exact) mass is 828 g/mol. The Labute approximate surface area is 307 Å². The van der Waals surface area contributed by atoms with Crippen LogP contribution < -0.4 is 30.7 Å². The van der Waals surface area contributed by atoms with E-state index in [1.807, 2.05) is 60.7 Å². The second-order valence-corrected chi connectivity index (χ2v) is 14.8. The van der Waals surface area contributed by atoms with Gasteiger partial charge in [0.15, 0.2) is 16.2 Å². The molecule has 4 aromatic rings. The molecule has 4 unspecified atom stereocenters. The molecule has 4 amide bonds. The highest BCUT2D eigenvalue weighted by atomic mass is 79.9. The summed E-state index contributed by atoms with van der Waals surface area (Å²) >= 11 is 24.2. The summed E-state index contributed by atoms with van der Waals surface area (Å²) in [5, 5.41) is 12.5. The van der Waals surface area contributed by atoms with E-state index in [-0.39, 0.29) is 24.3 Å². The number of nitrogens with one attached hydrogen (secondary N) is 4. The molecule has 4 aliphatic rings. The van der Waals surface area contributed by atoms with Crippen LogP contribution in [0.15, 0.2) is 93.9 Å². The molecule has 4 atom stereocenters. The summed E-state index contributed by atoms with van der Waals surface area (Å²) in [6.45, 7) is 0. The molecular weight excluding hydrogens is 807 g/mol. The van der Waals surface area contributed by atoms with Crippen molar-refractivity contribution < 1.29 is 23.9 Å². The quantitative estimate of drug-likeness (QED) is 0.122. The molecule has 0 saturated carbocycles. The molecule has 4 aromatic carbocycles. The normalized spacial score (nSPS) is 25.0. The molecule has 4 N–H and O–H groups in total. The largest absolute Gasteiger partial charge is 0.485 e. The number of amides is 4. The minimum absolute atomic E-state index is 0.165. The zero-order chi connectivity index (χ0) is 33.8. The predicted octanol–water partition coefficient (Wildman–Crippen LogP) is 7.49. The van der Waals surface area contributed by atoms with Gasteiger partial charge in [-0.15, -0.1) is 0 Å². The summed E-state index contributed by atoms with van der Waals surface area (Å²) in [5.74, 6) is 0.679. The van der Waals surface area contributed by atoms with Crippen molar-refractivity contribution in [1.82, 2.24) is 21.3 Å². The second-order valence-electron chi connectivity index (χ2n) is 11.6. The van der Waals surface area contributed by atoms with Gasteiger partial charge in [0, 0.05) is 43.0 Å². The standard InChI is InChI=1S/C17H12BrClN2O3.C17H12BrClN2O2S/c18-10-4-5-13-12(7-10)17(15(22)20-16(23)21-17)8-14(24-13)9-2-1-3-11(19)6-9;18-10-4-5-13-12(7-10)17(15(22)20-16(24)21-17)8-14(23-13)9-2-1-3-11(19)6-9/h1-7,14H,8H2,(H2,20,21,22,23);1-7,14H,8H2,(H2,20,21,22,24). The second kappa shape index (κ2) is 12.6. The fourth-order valence-electron chi connectivity index (χ4n) is 6.48. The van der Waals surface area contributed by atoms with E-state index in [1.54, 1.807) is 24.3 Å². The van der Waals surface area contributed by atoms with Gasteiger partial charge in [-0.2, -0.15) is 0 Å². The third-order valence-corrected chi connectivity index (χ3v) is 10.3. The van der Waals surface area contributed by atoms with Gasteiger partial charge in [0.2, 0.25) is 0 Å². The van der Waals surface area contributed by atoms with Gasteiger partial charge >= 0.3 is 6.03 Å².